The average Bonchev–Trinajstić information content (AvgIpc) is 2.29. The number of rotatable bonds is 5. The molecule has 16 heavy (non-hydrogen) atoms. The Kier molecular flexibility index (Phi) is 5.17. The number of ether oxygens (including phenoxy) is 1. The number of nitrogens with zero attached hydrogens (tertiary/aromatic N) is 2. The van der Waals surface area contributed by atoms with E-state index in [0.717, 1.165) is 7.11 Å². The Hall–Kier alpha value is -0.860. The van der Waals surface area contributed by atoms with E-state index in [4.69, 9.17) is 0 Å². The van der Waals surface area contributed by atoms with Crippen LogP contribution in [0.4, 0.5) is 4.79 Å². The lowest BCUT2D eigenvalue weighted by Crippen LogP contribution is -2.58. The van der Waals surface area contributed by atoms with Crippen molar-refractivity contribution in [3.8, 4) is 0 Å². The molecule has 0 fully saturated rings. The second-order valence-corrected chi connectivity index (χ2v) is 5.18. The Morgan fingerprint density at radius 2 is 1.62 bits per heavy atom. The molecule has 0 aliphatic rings. The molecule has 96 valence electrons. The number of hydroxylamine groups is 1. The molecule has 0 spiro atoms. The minimum atomic E-state index is -4.28. The lowest BCUT2D eigenvalue weighted by Gasteiger charge is -2.39. The molecule has 0 N–H and O–H groups in total. The van der Waals surface area contributed by atoms with Gasteiger partial charge in [-0.05, 0) is 20.8 Å². The molecular weight excluding hydrogens is 236 g/mol. The van der Waals surface area contributed by atoms with E-state index in [1.807, 2.05) is 0 Å². The predicted molar refractivity (Wildman–Crippen MR) is 58.4 cm³/mol. The molecule has 7 nitrogen and oxygen atoms in total. The van der Waals surface area contributed by atoms with Gasteiger partial charge in [0.25, 0.3) is 0 Å². The van der Waals surface area contributed by atoms with Crippen LogP contribution >= 0.6 is 0 Å². The Morgan fingerprint density at radius 3 is 1.88 bits per heavy atom. The highest BCUT2D eigenvalue weighted by Crippen LogP contribution is 2.19. The van der Waals surface area contributed by atoms with Crippen LogP contribution in [0.1, 0.15) is 20.8 Å². The summed E-state index contributed by atoms with van der Waals surface area (Å²) in [6, 6.07) is 0. The van der Waals surface area contributed by atoms with Crippen LogP contribution in [-0.2, 0) is 14.9 Å². The summed E-state index contributed by atoms with van der Waals surface area (Å²) in [5.74, 6) is 0. The first-order valence-electron chi connectivity index (χ1n) is 4.99. The van der Waals surface area contributed by atoms with E-state index in [2.05, 4.69) is 4.74 Å². The summed E-state index contributed by atoms with van der Waals surface area (Å²) < 4.78 is 26.9. The van der Waals surface area contributed by atoms with E-state index >= 15 is 0 Å². The third-order valence-corrected chi connectivity index (χ3v) is 5.07. The van der Waals surface area contributed by atoms with Crippen LogP contribution in [0, 0.1) is 5.21 Å². The molecule has 0 bridgehead atoms. The molecule has 1 amide bonds. The van der Waals surface area contributed by atoms with Crippen molar-refractivity contribution in [3.05, 3.63) is 5.21 Å². The zero-order valence-electron chi connectivity index (χ0n) is 9.97. The van der Waals surface area contributed by atoms with Gasteiger partial charge < -0.3 is 9.94 Å². The highest BCUT2D eigenvalue weighted by atomic mass is 32.2. The van der Waals surface area contributed by atoms with Gasteiger partial charge in [-0.25, -0.2) is 13.2 Å². The van der Waals surface area contributed by atoms with Crippen molar-refractivity contribution >= 4 is 16.3 Å². The minimum Gasteiger partial charge on any atom is -0.736 e. The molecular formula is C8H18N2O5S. The van der Waals surface area contributed by atoms with Gasteiger partial charge in [0, 0.05) is 0 Å². The SMILES string of the molecule is CC[N+](CC)(CC)S(=O)(=O)N([O-])C(=O)OC. The summed E-state index contributed by atoms with van der Waals surface area (Å²) >= 11 is 0. The summed E-state index contributed by atoms with van der Waals surface area (Å²) in [5, 5.41) is 11.4. The van der Waals surface area contributed by atoms with Gasteiger partial charge in [0.2, 0.25) is 0 Å². The summed E-state index contributed by atoms with van der Waals surface area (Å²) in [6.07, 6.45) is -1.42. The molecule has 0 saturated heterocycles. The maximum absolute atomic E-state index is 11.9. The lowest BCUT2D eigenvalue weighted by molar-refractivity contribution is -0.802. The highest BCUT2D eigenvalue weighted by molar-refractivity contribution is 7.84. The minimum absolute atomic E-state index is 0.213. The Morgan fingerprint density at radius 1 is 1.25 bits per heavy atom. The van der Waals surface area contributed by atoms with Crippen LogP contribution in [0.15, 0.2) is 0 Å². The fourth-order valence-corrected chi connectivity index (χ4v) is 3.04. The zero-order valence-corrected chi connectivity index (χ0v) is 10.8. The predicted octanol–water partition coefficient (Wildman–Crippen LogP) is 0.674. The summed E-state index contributed by atoms with van der Waals surface area (Å²) in [6.45, 7) is 5.59. The molecule has 0 aromatic heterocycles. The van der Waals surface area contributed by atoms with Crippen molar-refractivity contribution in [1.82, 2.24) is 4.47 Å². The third-order valence-electron chi connectivity index (χ3n) is 2.75. The van der Waals surface area contributed by atoms with Gasteiger partial charge in [-0.2, -0.15) is 8.42 Å². The van der Waals surface area contributed by atoms with Gasteiger partial charge in [-0.1, -0.05) is 0 Å². The van der Waals surface area contributed by atoms with Crippen LogP contribution in [0.5, 0.6) is 0 Å². The van der Waals surface area contributed by atoms with Crippen molar-refractivity contribution in [2.75, 3.05) is 26.7 Å². The normalized spacial score (nSPS) is 12.3. The van der Waals surface area contributed by atoms with Crippen LogP contribution in [0.25, 0.3) is 0 Å². The molecule has 0 aliphatic carbocycles. The standard InChI is InChI=1S/C8H18N2O5S/c1-5-10(6-2,7-3)16(13,14)9(12)8(11)15-4/h5-7H2,1-4H3. The molecule has 0 rings (SSSR count). The van der Waals surface area contributed by atoms with E-state index in [9.17, 15) is 18.4 Å². The van der Waals surface area contributed by atoms with Crippen molar-refractivity contribution in [2.24, 2.45) is 0 Å². The van der Waals surface area contributed by atoms with Crippen LogP contribution in [0.3, 0.4) is 0 Å². The van der Waals surface area contributed by atoms with E-state index in [1.54, 1.807) is 20.8 Å². The molecule has 0 atom stereocenters. The first-order valence-corrected chi connectivity index (χ1v) is 6.39. The second-order valence-electron chi connectivity index (χ2n) is 3.18. The lowest BCUT2D eigenvalue weighted by atomic mass is 10.5. The molecule has 0 heterocycles. The monoisotopic (exact) mass is 254 g/mol. The quantitative estimate of drug-likeness (QED) is 0.531. The number of amides is 1. The maximum Gasteiger partial charge on any atom is 0.416 e. The average molecular weight is 254 g/mol. The van der Waals surface area contributed by atoms with E-state index < -0.39 is 24.7 Å². The highest BCUT2D eigenvalue weighted by Gasteiger charge is 2.41. The largest absolute Gasteiger partial charge is 0.736 e. The number of quaternary nitrogens is 1. The Labute approximate surface area is 95.9 Å². The van der Waals surface area contributed by atoms with Gasteiger partial charge in [0.1, 0.15) is 0 Å². The summed E-state index contributed by atoms with van der Waals surface area (Å²) in [7, 11) is -3.32. The van der Waals surface area contributed by atoms with Gasteiger partial charge in [-0.3, -0.25) is 0 Å². The fourth-order valence-electron chi connectivity index (χ4n) is 1.49. The molecule has 0 saturated carbocycles. The van der Waals surface area contributed by atoms with Crippen LogP contribution in [0.2, 0.25) is 0 Å². The second kappa shape index (κ2) is 5.46. The number of carbonyl (C=O) groups excluding carboxylic acids is 1. The summed E-state index contributed by atoms with van der Waals surface area (Å²) in [4.78, 5) is 11.0. The molecule has 0 radical (unpaired) electrons. The maximum atomic E-state index is 11.9. The first-order chi connectivity index (χ1) is 7.32. The van der Waals surface area contributed by atoms with Gasteiger partial charge >= 0.3 is 16.3 Å². The van der Waals surface area contributed by atoms with E-state index in [-0.39, 0.29) is 19.6 Å². The smallest absolute Gasteiger partial charge is 0.416 e. The van der Waals surface area contributed by atoms with Crippen molar-refractivity contribution in [1.29, 1.82) is 0 Å². The third kappa shape index (κ3) is 2.28. The zero-order chi connectivity index (χ0) is 13.0. The molecule has 0 unspecified atom stereocenters. The van der Waals surface area contributed by atoms with E-state index in [0.29, 0.717) is 0 Å². The molecule has 0 aromatic carbocycles. The number of methoxy groups -OCH3 is 1. The van der Waals surface area contributed by atoms with Gasteiger partial charge in [0.15, 0.2) is 0 Å². The van der Waals surface area contributed by atoms with Gasteiger partial charge in [0.05, 0.1) is 26.7 Å². The van der Waals surface area contributed by atoms with Crippen LogP contribution in [-0.4, -0.2) is 49.6 Å². The summed E-state index contributed by atoms with van der Waals surface area (Å²) in [5.41, 5.74) is 0. The van der Waals surface area contributed by atoms with Crippen molar-refractivity contribution < 1.29 is 21.8 Å². The molecule has 8 heteroatoms. The van der Waals surface area contributed by atoms with Crippen molar-refractivity contribution in [3.63, 3.8) is 0 Å². The van der Waals surface area contributed by atoms with Crippen molar-refractivity contribution in [2.45, 2.75) is 20.8 Å². The fraction of sp³-hybridized carbons (Fsp3) is 0.875. The number of hydrogen-bond donors (Lipinski definition) is 0. The Balaban J connectivity index is 5.40. The topological polar surface area (TPSA) is 86.7 Å². The van der Waals surface area contributed by atoms with Gasteiger partial charge in [-0.15, -0.1) is 0 Å². The van der Waals surface area contributed by atoms with E-state index in [1.165, 1.54) is 0 Å². The van der Waals surface area contributed by atoms with Crippen LogP contribution < -0.4 is 0 Å². The number of carbonyl (C=O) groups is 1. The molecule has 0 aromatic rings. The Bertz CT molecular complexity index is 328. The number of hydrogen-bond acceptors (Lipinski definition) is 5. The molecule has 0 aliphatic heterocycles. The first kappa shape index (κ1) is 15.1.